The van der Waals surface area contributed by atoms with Crippen molar-refractivity contribution in [1.29, 1.82) is 5.26 Å². The Morgan fingerprint density at radius 1 is 0.895 bits per heavy atom. The quantitative estimate of drug-likeness (QED) is 0.314. The third-order valence-corrected chi connectivity index (χ3v) is 12.8. The van der Waals surface area contributed by atoms with Crippen LogP contribution in [0.2, 0.25) is 5.02 Å². The summed E-state index contributed by atoms with van der Waals surface area (Å²) < 4.78 is 21.9. The Labute approximate surface area is 334 Å². The molecule has 2 N–H and O–H groups in total. The Balaban J connectivity index is 0.833. The molecule has 8 rings (SSSR count). The molecule has 1 atom stereocenters. The summed E-state index contributed by atoms with van der Waals surface area (Å²) in [4.78, 5) is 71.5. The molecule has 4 fully saturated rings. The number of fused-ring (bicyclic) bond motifs is 1. The lowest BCUT2D eigenvalue weighted by molar-refractivity contribution is -0.164. The molecule has 5 amide bonds. The maximum absolute atomic E-state index is 15.6. The van der Waals surface area contributed by atoms with Crippen LogP contribution in [0, 0.1) is 28.0 Å². The summed E-state index contributed by atoms with van der Waals surface area (Å²) in [5.74, 6) is -2.65. The predicted molar refractivity (Wildman–Crippen MR) is 209 cm³/mol. The molecule has 296 valence electrons. The number of ether oxygens (including phenoxy) is 1. The number of carbonyl (C=O) groups excluding carboxylic acids is 5. The molecule has 1 saturated carbocycles. The molecule has 15 heteroatoms. The smallest absolute Gasteiger partial charge is 0.262 e. The summed E-state index contributed by atoms with van der Waals surface area (Å²) in [6, 6.07) is 15.9. The lowest BCUT2D eigenvalue weighted by atomic mass is 9.49. The standard InChI is InChI=1S/C42H43ClFN7O6/c1-41(2)39(42(3,4)40(41)57-27-8-5-23(20-45)31(43)19-27)47-35(53)29-10-7-25(18-32(29)44)48-13-15-49(16-14-48)26-21-50(22-26)24-6-9-28-30(17-24)38(56)51(37(28)55)33-11-12-34(52)46-36(33)54/h5-10,17-19,26,33,39-40H,11-16,21-22H2,1-4H3,(H,47,53)(H,46,52,54)/t33?,39-,40-. The molecule has 5 aliphatic rings. The maximum atomic E-state index is 15.6. The van der Waals surface area contributed by atoms with Crippen LogP contribution in [0.3, 0.4) is 0 Å². The highest BCUT2D eigenvalue weighted by Crippen LogP contribution is 2.55. The van der Waals surface area contributed by atoms with Crippen molar-refractivity contribution in [3.63, 3.8) is 0 Å². The molecule has 13 nitrogen and oxygen atoms in total. The van der Waals surface area contributed by atoms with Crippen LogP contribution in [0.15, 0.2) is 54.6 Å². The minimum Gasteiger partial charge on any atom is -0.489 e. The van der Waals surface area contributed by atoms with Crippen LogP contribution in [0.25, 0.3) is 0 Å². The highest BCUT2D eigenvalue weighted by molar-refractivity contribution is 6.31. The number of anilines is 2. The first kappa shape index (κ1) is 38.4. The van der Waals surface area contributed by atoms with Gasteiger partial charge in [-0.3, -0.25) is 39.1 Å². The van der Waals surface area contributed by atoms with Crippen LogP contribution in [-0.2, 0) is 9.59 Å². The summed E-state index contributed by atoms with van der Waals surface area (Å²) in [6.45, 7) is 12.4. The first-order valence-corrected chi connectivity index (χ1v) is 19.5. The Morgan fingerprint density at radius 2 is 1.56 bits per heavy atom. The average Bonchev–Trinajstić information content (AvgIpc) is 3.40. The van der Waals surface area contributed by atoms with Crippen LogP contribution >= 0.6 is 11.6 Å². The third-order valence-electron chi connectivity index (χ3n) is 12.5. The van der Waals surface area contributed by atoms with Gasteiger partial charge in [0.1, 0.15) is 29.8 Å². The number of carbonyl (C=O) groups is 5. The summed E-state index contributed by atoms with van der Waals surface area (Å²) in [5.41, 5.74) is 1.40. The number of nitrogens with one attached hydrogen (secondary N) is 2. The van der Waals surface area contributed by atoms with E-state index in [1.807, 2.05) is 39.8 Å². The van der Waals surface area contributed by atoms with E-state index >= 15 is 4.39 Å². The number of amides is 5. The number of piperidine rings is 1. The Morgan fingerprint density at radius 3 is 2.21 bits per heavy atom. The van der Waals surface area contributed by atoms with E-state index < -0.39 is 52.2 Å². The SMILES string of the molecule is CC1(C)[C@H](NC(=O)c2ccc(N3CCN(C4CN(c5ccc6c(c5)C(=O)N(C5CCC(=O)NC5=O)C6=O)C4)CC3)cc2F)C(C)(C)[C@H]1Oc1ccc(C#N)c(Cl)c1. The van der Waals surface area contributed by atoms with Crippen molar-refractivity contribution in [2.24, 2.45) is 10.8 Å². The van der Waals surface area contributed by atoms with E-state index in [1.54, 1.807) is 42.5 Å². The van der Waals surface area contributed by atoms with Crippen molar-refractivity contribution < 1.29 is 33.1 Å². The van der Waals surface area contributed by atoms with Gasteiger partial charge in [0.25, 0.3) is 17.7 Å². The van der Waals surface area contributed by atoms with E-state index in [0.29, 0.717) is 35.1 Å². The molecule has 4 heterocycles. The molecule has 0 bridgehead atoms. The van der Waals surface area contributed by atoms with E-state index in [-0.39, 0.29) is 47.7 Å². The summed E-state index contributed by atoms with van der Waals surface area (Å²) in [7, 11) is 0. The number of piperazine rings is 1. The molecular formula is C42H43ClFN7O6. The van der Waals surface area contributed by atoms with Crippen molar-refractivity contribution in [1.82, 2.24) is 20.4 Å². The second-order valence-corrected chi connectivity index (χ2v) is 17.1. The molecule has 3 saturated heterocycles. The highest BCUT2D eigenvalue weighted by Gasteiger charge is 2.64. The zero-order valence-electron chi connectivity index (χ0n) is 32.1. The number of halogens is 2. The van der Waals surface area contributed by atoms with Gasteiger partial charge in [0.05, 0.1) is 27.3 Å². The molecule has 4 aliphatic heterocycles. The zero-order chi connectivity index (χ0) is 40.6. The van der Waals surface area contributed by atoms with Gasteiger partial charge in [-0.25, -0.2) is 4.39 Å². The molecule has 1 aliphatic carbocycles. The van der Waals surface area contributed by atoms with Crippen molar-refractivity contribution in [2.45, 2.75) is 64.8 Å². The molecule has 57 heavy (non-hydrogen) atoms. The van der Waals surface area contributed by atoms with Crippen LogP contribution in [0.4, 0.5) is 15.8 Å². The Bertz CT molecular complexity index is 2240. The second-order valence-electron chi connectivity index (χ2n) is 16.7. The van der Waals surface area contributed by atoms with Gasteiger partial charge in [-0.05, 0) is 55.0 Å². The molecule has 3 aromatic rings. The highest BCUT2D eigenvalue weighted by atomic mass is 35.5. The average molecular weight is 796 g/mol. The van der Waals surface area contributed by atoms with Crippen LogP contribution < -0.4 is 25.2 Å². The predicted octanol–water partition coefficient (Wildman–Crippen LogP) is 4.37. The fourth-order valence-corrected chi connectivity index (χ4v) is 9.80. The van der Waals surface area contributed by atoms with E-state index in [2.05, 4.69) is 25.3 Å². The van der Waals surface area contributed by atoms with Crippen molar-refractivity contribution >= 4 is 52.5 Å². The van der Waals surface area contributed by atoms with E-state index in [1.165, 1.54) is 6.07 Å². The van der Waals surface area contributed by atoms with Crippen LogP contribution in [-0.4, -0.2) is 103 Å². The minimum atomic E-state index is -1.00. The van der Waals surface area contributed by atoms with Crippen molar-refractivity contribution in [3.8, 4) is 11.8 Å². The van der Waals surface area contributed by atoms with Gasteiger partial charge in [0, 0.05) is 86.0 Å². The Kier molecular flexibility index (Phi) is 9.52. The van der Waals surface area contributed by atoms with Gasteiger partial charge < -0.3 is 19.9 Å². The third kappa shape index (κ3) is 6.56. The number of nitriles is 1. The largest absolute Gasteiger partial charge is 0.489 e. The minimum absolute atomic E-state index is 0.0249. The topological polar surface area (TPSA) is 155 Å². The summed E-state index contributed by atoms with van der Waals surface area (Å²) >= 11 is 6.22. The number of rotatable bonds is 8. The number of hydrogen-bond acceptors (Lipinski definition) is 10. The number of nitrogens with zero attached hydrogens (tertiary/aromatic N) is 5. The van der Waals surface area contributed by atoms with Gasteiger partial charge >= 0.3 is 0 Å². The van der Waals surface area contributed by atoms with Gasteiger partial charge in [0.15, 0.2) is 0 Å². The van der Waals surface area contributed by atoms with Gasteiger partial charge in [-0.15, -0.1) is 0 Å². The van der Waals surface area contributed by atoms with Crippen LogP contribution in [0.1, 0.15) is 77.2 Å². The first-order chi connectivity index (χ1) is 27.1. The van der Waals surface area contributed by atoms with Crippen LogP contribution in [0.5, 0.6) is 5.75 Å². The number of hydrogen-bond donors (Lipinski definition) is 2. The molecule has 0 radical (unpaired) electrons. The molecule has 1 unspecified atom stereocenters. The maximum Gasteiger partial charge on any atom is 0.262 e. The van der Waals surface area contributed by atoms with E-state index in [9.17, 15) is 29.2 Å². The lowest BCUT2D eigenvalue weighted by Gasteiger charge is -2.63. The van der Waals surface area contributed by atoms with Gasteiger partial charge in [0.2, 0.25) is 11.8 Å². The normalized spacial score (nSPS) is 24.3. The molecule has 0 aromatic heterocycles. The van der Waals surface area contributed by atoms with Crippen molar-refractivity contribution in [2.75, 3.05) is 49.1 Å². The fourth-order valence-electron chi connectivity index (χ4n) is 9.59. The number of benzene rings is 3. The van der Waals surface area contributed by atoms with Gasteiger partial charge in [-0.2, -0.15) is 5.26 Å². The molecular weight excluding hydrogens is 753 g/mol. The molecule has 3 aromatic carbocycles. The second kappa shape index (κ2) is 14.1. The van der Waals surface area contributed by atoms with E-state index in [0.717, 1.165) is 36.8 Å². The first-order valence-electron chi connectivity index (χ1n) is 19.1. The fraction of sp³-hybridized carbons (Fsp3) is 0.429. The summed E-state index contributed by atoms with van der Waals surface area (Å²) in [6.07, 6.45) is -0.112. The lowest BCUT2D eigenvalue weighted by Crippen LogP contribution is -2.74. The summed E-state index contributed by atoms with van der Waals surface area (Å²) in [5, 5.41) is 14.8. The van der Waals surface area contributed by atoms with E-state index in [4.69, 9.17) is 16.3 Å². The Hall–Kier alpha value is -5.52. The monoisotopic (exact) mass is 795 g/mol. The van der Waals surface area contributed by atoms with Crippen molar-refractivity contribution in [3.05, 3.63) is 87.7 Å². The zero-order valence-corrected chi connectivity index (χ0v) is 32.9. The molecule has 0 spiro atoms. The number of imide groups is 2. The van der Waals surface area contributed by atoms with Gasteiger partial charge in [-0.1, -0.05) is 39.3 Å².